The number of nitrogens with zero attached hydrogens (tertiary/aromatic N) is 4. The molecule has 2 aromatic heterocycles. The van der Waals surface area contributed by atoms with E-state index < -0.39 is 10.0 Å². The molecule has 0 atom stereocenters. The smallest absolute Gasteiger partial charge is 0.209 e. The topological polar surface area (TPSA) is 98.7 Å². The molecule has 0 aliphatic carbocycles. The van der Waals surface area contributed by atoms with Gasteiger partial charge in [-0.15, -0.1) is 0 Å². The maximum atomic E-state index is 11.4. The van der Waals surface area contributed by atoms with Crippen LogP contribution in [0.3, 0.4) is 0 Å². The summed E-state index contributed by atoms with van der Waals surface area (Å²) in [6.07, 6.45) is 5.38. The Balaban J connectivity index is 1.71. The van der Waals surface area contributed by atoms with Crippen LogP contribution < -0.4 is 9.62 Å². The monoisotopic (exact) mass is 427 g/mol. The number of fused-ring (bicyclic) bond motifs is 1. The SMILES string of the molecule is CS(=O)(=O)NCc1ccc2cc(N3CCN(O)CC3)c(Cc3cccnc3)nc2c1. The summed E-state index contributed by atoms with van der Waals surface area (Å²) >= 11 is 0. The number of pyridine rings is 2. The maximum absolute atomic E-state index is 11.4. The van der Waals surface area contributed by atoms with E-state index in [4.69, 9.17) is 4.98 Å². The molecule has 1 aliphatic heterocycles. The highest BCUT2D eigenvalue weighted by molar-refractivity contribution is 7.88. The predicted molar refractivity (Wildman–Crippen MR) is 116 cm³/mol. The molecule has 1 saturated heterocycles. The van der Waals surface area contributed by atoms with Crippen molar-refractivity contribution in [3.05, 3.63) is 65.6 Å². The molecule has 0 spiro atoms. The summed E-state index contributed by atoms with van der Waals surface area (Å²) in [6, 6.07) is 11.9. The molecule has 0 saturated carbocycles. The number of hydrogen-bond acceptors (Lipinski definition) is 7. The van der Waals surface area contributed by atoms with Crippen LogP contribution >= 0.6 is 0 Å². The van der Waals surface area contributed by atoms with Crippen molar-refractivity contribution in [1.29, 1.82) is 0 Å². The van der Waals surface area contributed by atoms with Gasteiger partial charge in [0.15, 0.2) is 0 Å². The van der Waals surface area contributed by atoms with Gasteiger partial charge >= 0.3 is 0 Å². The van der Waals surface area contributed by atoms with Gasteiger partial charge in [0.05, 0.1) is 23.2 Å². The van der Waals surface area contributed by atoms with E-state index in [1.54, 1.807) is 6.20 Å². The lowest BCUT2D eigenvalue weighted by molar-refractivity contribution is -0.0935. The second-order valence-electron chi connectivity index (χ2n) is 7.55. The van der Waals surface area contributed by atoms with Gasteiger partial charge in [0.25, 0.3) is 0 Å². The molecule has 1 aliphatic rings. The van der Waals surface area contributed by atoms with Crippen LogP contribution in [0.5, 0.6) is 0 Å². The minimum absolute atomic E-state index is 0.231. The number of rotatable bonds is 6. The number of hydroxylamine groups is 2. The maximum Gasteiger partial charge on any atom is 0.209 e. The first-order chi connectivity index (χ1) is 14.4. The lowest BCUT2D eigenvalue weighted by Crippen LogP contribution is -2.45. The van der Waals surface area contributed by atoms with Gasteiger partial charge in [0, 0.05) is 56.9 Å². The molecule has 0 bridgehead atoms. The van der Waals surface area contributed by atoms with Crippen molar-refractivity contribution in [3.8, 4) is 0 Å². The van der Waals surface area contributed by atoms with Crippen molar-refractivity contribution < 1.29 is 13.6 Å². The van der Waals surface area contributed by atoms with Gasteiger partial charge in [-0.1, -0.05) is 18.2 Å². The molecule has 3 aromatic rings. The second kappa shape index (κ2) is 8.65. The zero-order chi connectivity index (χ0) is 21.1. The highest BCUT2D eigenvalue weighted by Gasteiger charge is 2.20. The van der Waals surface area contributed by atoms with Crippen molar-refractivity contribution in [2.45, 2.75) is 13.0 Å². The van der Waals surface area contributed by atoms with Gasteiger partial charge in [-0.25, -0.2) is 13.1 Å². The Morgan fingerprint density at radius 2 is 1.90 bits per heavy atom. The molecule has 9 heteroatoms. The quantitative estimate of drug-likeness (QED) is 0.619. The number of sulfonamides is 1. The summed E-state index contributed by atoms with van der Waals surface area (Å²) in [4.78, 5) is 11.4. The Labute approximate surface area is 176 Å². The molecule has 8 nitrogen and oxygen atoms in total. The van der Waals surface area contributed by atoms with Crippen LogP contribution in [-0.2, 0) is 23.0 Å². The molecule has 1 fully saturated rings. The second-order valence-corrected chi connectivity index (χ2v) is 9.39. The van der Waals surface area contributed by atoms with Crippen molar-refractivity contribution in [2.75, 3.05) is 37.3 Å². The average molecular weight is 428 g/mol. The van der Waals surface area contributed by atoms with Crippen molar-refractivity contribution in [1.82, 2.24) is 19.8 Å². The lowest BCUT2D eigenvalue weighted by atomic mass is 10.0. The first-order valence-corrected chi connectivity index (χ1v) is 11.7. The first kappa shape index (κ1) is 20.7. The summed E-state index contributed by atoms with van der Waals surface area (Å²) < 4.78 is 25.3. The number of piperazine rings is 1. The van der Waals surface area contributed by atoms with Crippen LogP contribution in [0.1, 0.15) is 16.8 Å². The van der Waals surface area contributed by atoms with Crippen LogP contribution in [0.15, 0.2) is 48.8 Å². The van der Waals surface area contributed by atoms with Crippen LogP contribution in [0.2, 0.25) is 0 Å². The highest BCUT2D eigenvalue weighted by Crippen LogP contribution is 2.28. The Hall–Kier alpha value is -2.59. The molecule has 0 amide bonds. The van der Waals surface area contributed by atoms with E-state index in [-0.39, 0.29) is 6.54 Å². The number of nitrogens with one attached hydrogen (secondary N) is 1. The molecule has 0 radical (unpaired) electrons. The molecule has 4 rings (SSSR count). The minimum atomic E-state index is -3.26. The summed E-state index contributed by atoms with van der Waals surface area (Å²) in [5.41, 5.74) is 4.75. The highest BCUT2D eigenvalue weighted by atomic mass is 32.2. The van der Waals surface area contributed by atoms with E-state index in [9.17, 15) is 13.6 Å². The third-order valence-electron chi connectivity index (χ3n) is 5.17. The van der Waals surface area contributed by atoms with Gasteiger partial charge in [-0.05, 0) is 29.3 Å². The zero-order valence-corrected chi connectivity index (χ0v) is 17.6. The molecule has 0 unspecified atom stereocenters. The number of hydrogen-bond donors (Lipinski definition) is 2. The van der Waals surface area contributed by atoms with Gasteiger partial charge in [0.2, 0.25) is 10.0 Å². The standard InChI is InChI=1S/C21H25N5O3S/c1-30(28,29)23-15-17-4-5-18-13-21(25-7-9-26(27)10-8-25)20(24-19(18)11-17)12-16-3-2-6-22-14-16/h2-6,11,13-14,23,27H,7-10,12,15H2,1H3. The summed E-state index contributed by atoms with van der Waals surface area (Å²) in [7, 11) is -3.26. The van der Waals surface area contributed by atoms with Gasteiger partial charge < -0.3 is 10.1 Å². The van der Waals surface area contributed by atoms with E-state index >= 15 is 0 Å². The van der Waals surface area contributed by atoms with Crippen LogP contribution in [-0.4, -0.2) is 61.1 Å². The third-order valence-corrected chi connectivity index (χ3v) is 5.84. The van der Waals surface area contributed by atoms with Gasteiger partial charge in [-0.3, -0.25) is 9.97 Å². The Kier molecular flexibility index (Phi) is 5.96. The summed E-state index contributed by atoms with van der Waals surface area (Å²) in [6.45, 7) is 2.84. The number of aromatic nitrogens is 2. The molecular formula is C21H25N5O3S. The van der Waals surface area contributed by atoms with E-state index in [2.05, 4.69) is 20.7 Å². The van der Waals surface area contributed by atoms with Gasteiger partial charge in [-0.2, -0.15) is 5.06 Å². The summed E-state index contributed by atoms with van der Waals surface area (Å²) in [5, 5.41) is 12.1. The van der Waals surface area contributed by atoms with Crippen molar-refractivity contribution in [2.24, 2.45) is 0 Å². The lowest BCUT2D eigenvalue weighted by Gasteiger charge is -2.34. The Bertz CT molecular complexity index is 1130. The normalized spacial score (nSPS) is 15.6. The minimum Gasteiger partial charge on any atom is -0.367 e. The van der Waals surface area contributed by atoms with E-state index in [0.717, 1.165) is 52.8 Å². The molecule has 2 N–H and O–H groups in total. The van der Waals surface area contributed by atoms with Crippen LogP contribution in [0.25, 0.3) is 10.9 Å². The number of anilines is 1. The third kappa shape index (κ3) is 5.11. The van der Waals surface area contributed by atoms with Crippen LogP contribution in [0.4, 0.5) is 5.69 Å². The Morgan fingerprint density at radius 1 is 1.10 bits per heavy atom. The molecule has 30 heavy (non-hydrogen) atoms. The molecule has 158 valence electrons. The molecule has 3 heterocycles. The predicted octanol–water partition coefficient (Wildman–Crippen LogP) is 1.78. The first-order valence-electron chi connectivity index (χ1n) is 9.82. The average Bonchev–Trinajstić information content (AvgIpc) is 2.72. The van der Waals surface area contributed by atoms with E-state index in [0.29, 0.717) is 19.5 Å². The fourth-order valence-corrected chi connectivity index (χ4v) is 4.03. The van der Waals surface area contributed by atoms with E-state index in [1.807, 2.05) is 36.5 Å². The van der Waals surface area contributed by atoms with Crippen LogP contribution in [0, 0.1) is 0 Å². The largest absolute Gasteiger partial charge is 0.367 e. The fourth-order valence-electron chi connectivity index (χ4n) is 3.60. The zero-order valence-electron chi connectivity index (χ0n) is 16.8. The Morgan fingerprint density at radius 3 is 2.60 bits per heavy atom. The molecular weight excluding hydrogens is 402 g/mol. The number of benzene rings is 1. The van der Waals surface area contributed by atoms with E-state index in [1.165, 1.54) is 5.06 Å². The van der Waals surface area contributed by atoms with Gasteiger partial charge in [0.1, 0.15) is 0 Å². The molecule has 1 aromatic carbocycles. The van der Waals surface area contributed by atoms with Crippen molar-refractivity contribution >= 4 is 26.6 Å². The summed E-state index contributed by atoms with van der Waals surface area (Å²) in [5.74, 6) is 0. The van der Waals surface area contributed by atoms with Crippen molar-refractivity contribution in [3.63, 3.8) is 0 Å². The fraction of sp³-hybridized carbons (Fsp3) is 0.333.